The zero-order valence-electron chi connectivity index (χ0n) is 12.1. The summed E-state index contributed by atoms with van der Waals surface area (Å²) in [5.74, 6) is 1.77. The Morgan fingerprint density at radius 1 is 1.20 bits per heavy atom. The summed E-state index contributed by atoms with van der Waals surface area (Å²) in [5.41, 5.74) is 2.80. The standard InChI is InChI=1S/C17H21NOS/c1-18-16(17-15(19-2)10-11-20-17)14-8-6-13(7-9-14)12-4-3-5-12/h6-12,16,18H,3-5H2,1-2H3. The van der Waals surface area contributed by atoms with Crippen molar-refractivity contribution in [3.63, 3.8) is 0 Å². The minimum absolute atomic E-state index is 0.209. The number of methoxy groups -OCH3 is 1. The molecule has 3 rings (SSSR count). The van der Waals surface area contributed by atoms with Crippen molar-refractivity contribution >= 4 is 11.3 Å². The van der Waals surface area contributed by atoms with E-state index in [4.69, 9.17) is 4.74 Å². The molecule has 106 valence electrons. The first-order valence-electron chi connectivity index (χ1n) is 7.22. The van der Waals surface area contributed by atoms with Crippen LogP contribution in [0.4, 0.5) is 0 Å². The number of thiophene rings is 1. The molecular formula is C17H21NOS. The molecular weight excluding hydrogens is 266 g/mol. The molecule has 0 saturated heterocycles. The van der Waals surface area contributed by atoms with Gasteiger partial charge in [-0.05, 0) is 48.4 Å². The van der Waals surface area contributed by atoms with Gasteiger partial charge in [-0.15, -0.1) is 11.3 Å². The fourth-order valence-corrected chi connectivity index (χ4v) is 3.84. The van der Waals surface area contributed by atoms with E-state index >= 15 is 0 Å². The lowest BCUT2D eigenvalue weighted by Gasteiger charge is -2.26. The Bertz CT molecular complexity index is 557. The van der Waals surface area contributed by atoms with Gasteiger partial charge in [0.1, 0.15) is 5.75 Å². The molecule has 1 aliphatic rings. The van der Waals surface area contributed by atoms with Crippen LogP contribution in [0.25, 0.3) is 0 Å². The van der Waals surface area contributed by atoms with Crippen LogP contribution in [0.2, 0.25) is 0 Å². The highest BCUT2D eigenvalue weighted by molar-refractivity contribution is 7.10. The minimum Gasteiger partial charge on any atom is -0.496 e. The molecule has 1 aromatic carbocycles. The molecule has 2 nitrogen and oxygen atoms in total. The van der Waals surface area contributed by atoms with Crippen molar-refractivity contribution in [2.45, 2.75) is 31.2 Å². The summed E-state index contributed by atoms with van der Waals surface area (Å²) in [4.78, 5) is 1.24. The van der Waals surface area contributed by atoms with Crippen LogP contribution in [-0.4, -0.2) is 14.2 Å². The molecule has 0 amide bonds. The lowest BCUT2D eigenvalue weighted by Crippen LogP contribution is -2.17. The molecule has 1 unspecified atom stereocenters. The van der Waals surface area contributed by atoms with E-state index in [0.717, 1.165) is 11.7 Å². The van der Waals surface area contributed by atoms with Gasteiger partial charge in [0, 0.05) is 0 Å². The van der Waals surface area contributed by atoms with E-state index in [9.17, 15) is 0 Å². The van der Waals surface area contributed by atoms with Crippen LogP contribution in [0.1, 0.15) is 47.2 Å². The second kappa shape index (κ2) is 5.98. The van der Waals surface area contributed by atoms with Crippen molar-refractivity contribution in [3.05, 3.63) is 51.7 Å². The first-order chi connectivity index (χ1) is 9.83. The van der Waals surface area contributed by atoms with Gasteiger partial charge >= 0.3 is 0 Å². The molecule has 1 heterocycles. The topological polar surface area (TPSA) is 21.3 Å². The summed E-state index contributed by atoms with van der Waals surface area (Å²) in [5, 5.41) is 5.49. The van der Waals surface area contributed by atoms with Crippen LogP contribution in [0.5, 0.6) is 5.75 Å². The van der Waals surface area contributed by atoms with Crippen molar-refractivity contribution in [1.82, 2.24) is 5.32 Å². The fourth-order valence-electron chi connectivity index (χ4n) is 2.84. The van der Waals surface area contributed by atoms with Crippen molar-refractivity contribution in [3.8, 4) is 5.75 Å². The molecule has 0 aliphatic heterocycles. The molecule has 1 fully saturated rings. The van der Waals surface area contributed by atoms with Crippen molar-refractivity contribution in [2.75, 3.05) is 14.2 Å². The van der Waals surface area contributed by atoms with Gasteiger partial charge in [-0.3, -0.25) is 0 Å². The fraction of sp³-hybridized carbons (Fsp3) is 0.412. The van der Waals surface area contributed by atoms with Crippen molar-refractivity contribution < 1.29 is 4.74 Å². The summed E-state index contributed by atoms with van der Waals surface area (Å²) < 4.78 is 5.45. The van der Waals surface area contributed by atoms with Crippen LogP contribution >= 0.6 is 11.3 Å². The zero-order chi connectivity index (χ0) is 13.9. The lowest BCUT2D eigenvalue weighted by atomic mass is 9.80. The Morgan fingerprint density at radius 3 is 2.50 bits per heavy atom. The molecule has 3 heteroatoms. The smallest absolute Gasteiger partial charge is 0.134 e. The number of nitrogens with one attached hydrogen (secondary N) is 1. The van der Waals surface area contributed by atoms with Gasteiger partial charge in [-0.2, -0.15) is 0 Å². The summed E-state index contributed by atoms with van der Waals surface area (Å²) in [6.45, 7) is 0. The molecule has 0 spiro atoms. The molecule has 1 aromatic heterocycles. The van der Waals surface area contributed by atoms with E-state index < -0.39 is 0 Å². The van der Waals surface area contributed by atoms with Crippen LogP contribution in [0.3, 0.4) is 0 Å². The normalized spacial score (nSPS) is 16.7. The van der Waals surface area contributed by atoms with E-state index in [0.29, 0.717) is 0 Å². The summed E-state index contributed by atoms with van der Waals surface area (Å²) >= 11 is 1.74. The van der Waals surface area contributed by atoms with Crippen LogP contribution in [0.15, 0.2) is 35.7 Å². The molecule has 1 atom stereocenters. The molecule has 1 saturated carbocycles. The third-order valence-corrected chi connectivity index (χ3v) is 5.24. The average molecular weight is 287 g/mol. The maximum absolute atomic E-state index is 5.45. The van der Waals surface area contributed by atoms with Gasteiger partial charge in [-0.1, -0.05) is 30.7 Å². The zero-order valence-corrected chi connectivity index (χ0v) is 12.9. The van der Waals surface area contributed by atoms with E-state index in [1.807, 2.05) is 13.1 Å². The largest absolute Gasteiger partial charge is 0.496 e. The van der Waals surface area contributed by atoms with Crippen LogP contribution in [-0.2, 0) is 0 Å². The maximum Gasteiger partial charge on any atom is 0.134 e. The van der Waals surface area contributed by atoms with Gasteiger partial charge in [0.25, 0.3) is 0 Å². The quantitative estimate of drug-likeness (QED) is 0.883. The Morgan fingerprint density at radius 2 is 1.95 bits per heavy atom. The van der Waals surface area contributed by atoms with E-state index in [-0.39, 0.29) is 6.04 Å². The number of rotatable bonds is 5. The van der Waals surface area contributed by atoms with Gasteiger partial charge in [0.15, 0.2) is 0 Å². The van der Waals surface area contributed by atoms with E-state index in [2.05, 4.69) is 35.0 Å². The highest BCUT2D eigenvalue weighted by Gasteiger charge is 2.21. The van der Waals surface area contributed by atoms with Gasteiger partial charge < -0.3 is 10.1 Å². The maximum atomic E-state index is 5.45. The second-order valence-electron chi connectivity index (χ2n) is 5.37. The van der Waals surface area contributed by atoms with Crippen LogP contribution in [0, 0.1) is 0 Å². The number of hydrogen-bond donors (Lipinski definition) is 1. The Labute approximate surface area is 124 Å². The highest BCUT2D eigenvalue weighted by Crippen LogP contribution is 2.38. The molecule has 0 radical (unpaired) electrons. The number of hydrogen-bond acceptors (Lipinski definition) is 3. The summed E-state index contributed by atoms with van der Waals surface area (Å²) in [6, 6.07) is 11.3. The third kappa shape index (κ3) is 2.48. The Hall–Kier alpha value is -1.32. The first-order valence-corrected chi connectivity index (χ1v) is 8.10. The predicted molar refractivity (Wildman–Crippen MR) is 84.8 cm³/mol. The molecule has 1 aliphatic carbocycles. The molecule has 20 heavy (non-hydrogen) atoms. The van der Waals surface area contributed by atoms with Crippen molar-refractivity contribution in [1.29, 1.82) is 0 Å². The predicted octanol–water partition coefficient (Wildman–Crippen LogP) is 4.33. The lowest BCUT2D eigenvalue weighted by molar-refractivity contribution is 0.408. The highest BCUT2D eigenvalue weighted by atomic mass is 32.1. The minimum atomic E-state index is 0.209. The monoisotopic (exact) mass is 287 g/mol. The summed E-state index contributed by atoms with van der Waals surface area (Å²) in [7, 11) is 3.74. The Kier molecular flexibility index (Phi) is 4.08. The number of benzene rings is 1. The molecule has 1 N–H and O–H groups in total. The van der Waals surface area contributed by atoms with Gasteiger partial charge in [-0.25, -0.2) is 0 Å². The molecule has 0 bridgehead atoms. The van der Waals surface area contributed by atoms with Gasteiger partial charge in [0.2, 0.25) is 0 Å². The van der Waals surface area contributed by atoms with Gasteiger partial charge in [0.05, 0.1) is 18.0 Å². The van der Waals surface area contributed by atoms with E-state index in [1.54, 1.807) is 18.4 Å². The number of ether oxygens (including phenoxy) is 1. The average Bonchev–Trinajstić information content (AvgIpc) is 2.88. The SMILES string of the molecule is CNC(c1ccc(C2CCC2)cc1)c1sccc1OC. The van der Waals surface area contributed by atoms with Crippen molar-refractivity contribution in [2.24, 2.45) is 0 Å². The van der Waals surface area contributed by atoms with Crippen LogP contribution < -0.4 is 10.1 Å². The second-order valence-corrected chi connectivity index (χ2v) is 6.32. The first kappa shape index (κ1) is 13.7. The summed E-state index contributed by atoms with van der Waals surface area (Å²) in [6.07, 6.45) is 4.10. The molecule has 2 aromatic rings. The third-order valence-electron chi connectivity index (χ3n) is 4.27. The Balaban J connectivity index is 1.85. The van der Waals surface area contributed by atoms with E-state index in [1.165, 1.54) is 35.3 Å².